The van der Waals surface area contributed by atoms with Crippen LogP contribution in [0, 0.1) is 13.8 Å². The second-order valence-corrected chi connectivity index (χ2v) is 8.32. The normalized spacial score (nSPS) is 16.9. The Labute approximate surface area is 141 Å². The van der Waals surface area contributed by atoms with Crippen LogP contribution in [0.1, 0.15) is 17.5 Å². The lowest BCUT2D eigenvalue weighted by Crippen LogP contribution is -3.14. The Morgan fingerprint density at radius 1 is 1.23 bits per heavy atom. The highest BCUT2D eigenvalue weighted by Crippen LogP contribution is 2.24. The first kappa shape index (κ1) is 17.9. The number of quaternary nitrogens is 1. The summed E-state index contributed by atoms with van der Waals surface area (Å²) in [6, 6.07) is 3.57. The van der Waals surface area contributed by atoms with Gasteiger partial charge in [-0.25, -0.2) is 13.1 Å². The predicted molar refractivity (Wildman–Crippen MR) is 89.8 cm³/mol. The smallest absolute Gasteiger partial charge is 0.240 e. The molecule has 5 nitrogen and oxygen atoms in total. The molecule has 0 radical (unpaired) electrons. The largest absolute Gasteiger partial charge is 0.370 e. The molecule has 22 heavy (non-hydrogen) atoms. The van der Waals surface area contributed by atoms with Crippen molar-refractivity contribution in [3.63, 3.8) is 0 Å². The van der Waals surface area contributed by atoms with Crippen molar-refractivity contribution in [3.8, 4) is 0 Å². The van der Waals surface area contributed by atoms with E-state index in [-0.39, 0.29) is 0 Å². The van der Waals surface area contributed by atoms with Crippen molar-refractivity contribution in [2.24, 2.45) is 0 Å². The molecule has 0 unspecified atom stereocenters. The van der Waals surface area contributed by atoms with Gasteiger partial charge in [0, 0.05) is 17.4 Å². The summed E-state index contributed by atoms with van der Waals surface area (Å²) in [5.41, 5.74) is 1.80. The van der Waals surface area contributed by atoms with Gasteiger partial charge in [-0.1, -0.05) is 22.0 Å². The van der Waals surface area contributed by atoms with Gasteiger partial charge in [-0.15, -0.1) is 0 Å². The molecule has 0 aromatic heterocycles. The molecule has 1 aliphatic heterocycles. The Bertz CT molecular complexity index is 613. The quantitative estimate of drug-likeness (QED) is 0.699. The van der Waals surface area contributed by atoms with E-state index in [1.807, 2.05) is 19.9 Å². The summed E-state index contributed by atoms with van der Waals surface area (Å²) in [6.45, 7) is 8.85. The molecule has 1 heterocycles. The van der Waals surface area contributed by atoms with E-state index in [0.29, 0.717) is 11.4 Å². The summed E-state index contributed by atoms with van der Waals surface area (Å²) in [4.78, 5) is 1.84. The molecule has 0 spiro atoms. The van der Waals surface area contributed by atoms with Gasteiger partial charge in [-0.3, -0.25) is 0 Å². The first-order chi connectivity index (χ1) is 10.4. The lowest BCUT2D eigenvalue weighted by atomic mass is 10.2. The van der Waals surface area contributed by atoms with Crippen LogP contribution in [0.5, 0.6) is 0 Å². The lowest BCUT2D eigenvalue weighted by molar-refractivity contribution is -0.908. The molecule has 1 fully saturated rings. The number of aryl methyl sites for hydroxylation is 2. The third-order valence-electron chi connectivity index (χ3n) is 3.94. The van der Waals surface area contributed by atoms with Crippen molar-refractivity contribution in [3.05, 3.63) is 27.7 Å². The van der Waals surface area contributed by atoms with Gasteiger partial charge in [-0.05, 0) is 31.0 Å². The fraction of sp³-hybridized carbons (Fsp3) is 0.600. The van der Waals surface area contributed by atoms with Crippen LogP contribution in [-0.4, -0.2) is 47.8 Å². The van der Waals surface area contributed by atoms with Gasteiger partial charge in [0.2, 0.25) is 10.0 Å². The van der Waals surface area contributed by atoms with Crippen LogP contribution in [0.2, 0.25) is 0 Å². The molecule has 0 saturated carbocycles. The predicted octanol–water partition coefficient (Wildman–Crippen LogP) is 0.649. The van der Waals surface area contributed by atoms with Crippen LogP contribution in [0.4, 0.5) is 0 Å². The molecular weight excluding hydrogens is 368 g/mol. The average Bonchev–Trinajstić information content (AvgIpc) is 2.48. The number of hydrogen-bond donors (Lipinski definition) is 2. The lowest BCUT2D eigenvalue weighted by Gasteiger charge is -2.23. The third kappa shape index (κ3) is 4.76. The minimum atomic E-state index is -3.45. The molecule has 2 rings (SSSR count). The number of morpholine rings is 1. The van der Waals surface area contributed by atoms with Gasteiger partial charge in [0.05, 0.1) is 24.7 Å². The zero-order chi connectivity index (χ0) is 16.2. The summed E-state index contributed by atoms with van der Waals surface area (Å²) in [7, 11) is -3.45. The zero-order valence-electron chi connectivity index (χ0n) is 13.1. The van der Waals surface area contributed by atoms with E-state index in [9.17, 15) is 8.42 Å². The van der Waals surface area contributed by atoms with E-state index in [1.165, 1.54) is 4.90 Å². The first-order valence-corrected chi connectivity index (χ1v) is 9.85. The van der Waals surface area contributed by atoms with Crippen molar-refractivity contribution in [1.82, 2.24) is 4.72 Å². The standard InChI is InChI=1S/C15H23BrN2O3S/c1-12-10-13(2)15(11-14(12)16)22(19,20)17-4-3-5-18-6-8-21-9-7-18/h10-11,17H,3-9H2,1-2H3/p+1. The molecule has 1 saturated heterocycles. The van der Waals surface area contributed by atoms with Crippen molar-refractivity contribution in [1.29, 1.82) is 0 Å². The second kappa shape index (κ2) is 7.88. The van der Waals surface area contributed by atoms with Crippen LogP contribution in [0.15, 0.2) is 21.5 Å². The van der Waals surface area contributed by atoms with Gasteiger partial charge in [0.15, 0.2) is 0 Å². The average molecular weight is 392 g/mol. The molecule has 7 heteroatoms. The Kier molecular flexibility index (Phi) is 6.40. The number of benzene rings is 1. The van der Waals surface area contributed by atoms with Crippen LogP contribution >= 0.6 is 15.9 Å². The van der Waals surface area contributed by atoms with Gasteiger partial charge < -0.3 is 9.64 Å². The van der Waals surface area contributed by atoms with E-state index in [0.717, 1.165) is 54.9 Å². The highest BCUT2D eigenvalue weighted by molar-refractivity contribution is 9.10. The molecule has 1 aliphatic rings. The van der Waals surface area contributed by atoms with Gasteiger partial charge in [-0.2, -0.15) is 0 Å². The monoisotopic (exact) mass is 391 g/mol. The summed E-state index contributed by atoms with van der Waals surface area (Å²) in [5, 5.41) is 0. The van der Waals surface area contributed by atoms with Crippen LogP contribution in [0.25, 0.3) is 0 Å². The highest BCUT2D eigenvalue weighted by atomic mass is 79.9. The molecule has 1 aromatic rings. The number of hydrogen-bond acceptors (Lipinski definition) is 3. The highest BCUT2D eigenvalue weighted by Gasteiger charge is 2.18. The Morgan fingerprint density at radius 3 is 2.59 bits per heavy atom. The molecule has 0 bridgehead atoms. The van der Waals surface area contributed by atoms with E-state index in [4.69, 9.17) is 4.74 Å². The summed E-state index contributed by atoms with van der Waals surface area (Å²) >= 11 is 3.40. The van der Waals surface area contributed by atoms with Gasteiger partial charge in [0.1, 0.15) is 13.1 Å². The van der Waals surface area contributed by atoms with Crippen molar-refractivity contribution < 1.29 is 18.1 Å². The first-order valence-electron chi connectivity index (χ1n) is 7.58. The second-order valence-electron chi connectivity index (χ2n) is 5.73. The number of halogens is 1. The Morgan fingerprint density at radius 2 is 1.91 bits per heavy atom. The fourth-order valence-electron chi connectivity index (χ4n) is 2.63. The number of sulfonamides is 1. The SMILES string of the molecule is Cc1cc(C)c(S(=O)(=O)NCCC[NH+]2CCOCC2)cc1Br. The molecular formula is C15H24BrN2O3S+. The topological polar surface area (TPSA) is 59.8 Å². The third-order valence-corrected chi connectivity index (χ3v) is 6.40. The Hall–Kier alpha value is -0.470. The Balaban J connectivity index is 1.89. The minimum absolute atomic E-state index is 0.351. The molecule has 124 valence electrons. The number of ether oxygens (including phenoxy) is 1. The van der Waals surface area contributed by atoms with E-state index < -0.39 is 10.0 Å². The van der Waals surface area contributed by atoms with Crippen LogP contribution in [-0.2, 0) is 14.8 Å². The van der Waals surface area contributed by atoms with E-state index in [2.05, 4.69) is 20.7 Å². The summed E-state index contributed by atoms with van der Waals surface area (Å²) in [5.74, 6) is 0. The minimum Gasteiger partial charge on any atom is -0.370 e. The van der Waals surface area contributed by atoms with Crippen LogP contribution in [0.3, 0.4) is 0 Å². The maximum atomic E-state index is 12.4. The molecule has 2 N–H and O–H groups in total. The van der Waals surface area contributed by atoms with E-state index in [1.54, 1.807) is 6.07 Å². The van der Waals surface area contributed by atoms with Gasteiger partial charge in [0.25, 0.3) is 0 Å². The van der Waals surface area contributed by atoms with Crippen LogP contribution < -0.4 is 9.62 Å². The molecule has 0 amide bonds. The molecule has 0 aliphatic carbocycles. The van der Waals surface area contributed by atoms with Crippen molar-refractivity contribution in [2.75, 3.05) is 39.4 Å². The number of nitrogens with one attached hydrogen (secondary N) is 2. The maximum absolute atomic E-state index is 12.4. The number of rotatable bonds is 6. The fourth-order valence-corrected chi connectivity index (χ4v) is 4.45. The maximum Gasteiger partial charge on any atom is 0.240 e. The van der Waals surface area contributed by atoms with Gasteiger partial charge >= 0.3 is 0 Å². The molecule has 0 atom stereocenters. The van der Waals surface area contributed by atoms with E-state index >= 15 is 0 Å². The van der Waals surface area contributed by atoms with Crippen molar-refractivity contribution in [2.45, 2.75) is 25.2 Å². The summed E-state index contributed by atoms with van der Waals surface area (Å²) in [6.07, 6.45) is 0.834. The zero-order valence-corrected chi connectivity index (χ0v) is 15.5. The van der Waals surface area contributed by atoms with Crippen molar-refractivity contribution >= 4 is 26.0 Å². The molecule has 1 aromatic carbocycles. The summed E-state index contributed by atoms with van der Waals surface area (Å²) < 4.78 is 33.7.